The fourth-order valence-electron chi connectivity index (χ4n) is 5.31. The number of hydrogen-bond acceptors (Lipinski definition) is 0. The first-order valence-corrected chi connectivity index (χ1v) is 12.1. The van der Waals surface area contributed by atoms with Crippen LogP contribution in [0.3, 0.4) is 0 Å². The molecule has 0 radical (unpaired) electrons. The van der Waals surface area contributed by atoms with E-state index < -0.39 is 0 Å². The average molecular weight is 473 g/mol. The van der Waals surface area contributed by atoms with Crippen LogP contribution >= 0.6 is 7.92 Å². The Kier molecular flexibility index (Phi) is 38.1. The summed E-state index contributed by atoms with van der Waals surface area (Å²) in [6.45, 7) is 22.5. The van der Waals surface area contributed by atoms with Gasteiger partial charge in [-0.25, -0.2) is 0 Å². The van der Waals surface area contributed by atoms with Crippen molar-refractivity contribution in [2.45, 2.75) is 113 Å². The van der Waals surface area contributed by atoms with Gasteiger partial charge in [-0.2, -0.15) is 0 Å². The quantitative estimate of drug-likeness (QED) is 0.272. The summed E-state index contributed by atoms with van der Waals surface area (Å²) in [6.07, 6.45) is 23.8. The van der Waals surface area contributed by atoms with Crippen LogP contribution in [0.15, 0.2) is 0 Å². The van der Waals surface area contributed by atoms with Gasteiger partial charge in [0.05, 0.1) is 17.0 Å². The van der Waals surface area contributed by atoms with E-state index in [1.165, 1.54) is 17.0 Å². The fraction of sp³-hybridized carbons (Fsp3) is 0.783. The molecule has 0 atom stereocenters. The molecular formula is C23H34CrO5P+. The van der Waals surface area contributed by atoms with Crippen molar-refractivity contribution >= 4 is 7.92 Å². The molecule has 3 rings (SSSR count). The van der Waals surface area contributed by atoms with E-state index in [1.54, 1.807) is 96.3 Å². The summed E-state index contributed by atoms with van der Waals surface area (Å²) < 4.78 is 37.5. The van der Waals surface area contributed by atoms with Gasteiger partial charge in [0.25, 0.3) is 0 Å². The van der Waals surface area contributed by atoms with Gasteiger partial charge >= 0.3 is 56.5 Å². The van der Waals surface area contributed by atoms with Crippen LogP contribution in [0.1, 0.15) is 96.3 Å². The molecule has 0 spiro atoms. The van der Waals surface area contributed by atoms with Crippen LogP contribution in [0, 0.1) is 33.3 Å². The third kappa shape index (κ3) is 15.5. The summed E-state index contributed by atoms with van der Waals surface area (Å²) in [4.78, 5) is 0. The molecule has 7 heteroatoms. The van der Waals surface area contributed by atoms with E-state index >= 15 is 0 Å². The molecule has 30 heavy (non-hydrogen) atoms. The Morgan fingerprint density at radius 1 is 0.367 bits per heavy atom. The van der Waals surface area contributed by atoms with Crippen molar-refractivity contribution in [3.63, 3.8) is 0 Å². The van der Waals surface area contributed by atoms with E-state index in [0.29, 0.717) is 0 Å². The predicted octanol–water partition coefficient (Wildman–Crippen LogP) is 6.01. The topological polar surface area (TPSA) is 99.5 Å². The van der Waals surface area contributed by atoms with Gasteiger partial charge in [0, 0.05) is 25.3 Å². The van der Waals surface area contributed by atoms with Crippen molar-refractivity contribution in [3.05, 3.63) is 33.3 Å². The minimum Gasteiger partial charge on any atom is 0 e. The van der Waals surface area contributed by atoms with Crippen molar-refractivity contribution in [1.29, 1.82) is 0 Å². The van der Waals surface area contributed by atoms with Crippen LogP contribution in [-0.2, 0) is 40.6 Å². The molecule has 3 aliphatic rings. The smallest absolute Gasteiger partial charge is 0 e. The van der Waals surface area contributed by atoms with E-state index in [4.69, 9.17) is 23.3 Å². The van der Waals surface area contributed by atoms with E-state index in [0.717, 1.165) is 0 Å². The van der Waals surface area contributed by atoms with Gasteiger partial charge in [0.1, 0.15) is 0 Å². The molecule has 0 aromatic rings. The second-order valence-corrected chi connectivity index (χ2v) is 11.0. The molecule has 0 heterocycles. The zero-order valence-electron chi connectivity index (χ0n) is 17.8. The van der Waals surface area contributed by atoms with Gasteiger partial charge in [-0.05, 0) is 77.0 Å². The van der Waals surface area contributed by atoms with E-state index in [9.17, 15) is 0 Å². The zero-order valence-corrected chi connectivity index (χ0v) is 20.1. The Hall–Kier alpha value is -0.338. The first-order valence-electron chi connectivity index (χ1n) is 10.3. The first kappa shape index (κ1) is 37.0. The molecule has 0 aliphatic heterocycles. The summed E-state index contributed by atoms with van der Waals surface area (Å²) >= 11 is 0. The van der Waals surface area contributed by atoms with Crippen molar-refractivity contribution in [3.8, 4) is 0 Å². The molecule has 0 amide bonds. The summed E-state index contributed by atoms with van der Waals surface area (Å²) in [5, 5.41) is 0. The second kappa shape index (κ2) is 30.9. The molecule has 3 aliphatic carbocycles. The molecule has 3 saturated carbocycles. The molecule has 0 aromatic heterocycles. The molecule has 0 saturated heterocycles. The maximum atomic E-state index is 7.50. The van der Waals surface area contributed by atoms with Gasteiger partial charge in [0.2, 0.25) is 0 Å². The summed E-state index contributed by atoms with van der Waals surface area (Å²) in [7, 11) is -0.0465. The Morgan fingerprint density at radius 2 is 0.533 bits per heavy atom. The second-order valence-electron chi connectivity index (χ2n) is 7.50. The van der Waals surface area contributed by atoms with E-state index in [-0.39, 0.29) is 25.3 Å². The first-order chi connectivity index (χ1) is 14.4. The Bertz CT molecular complexity index is 365. The van der Waals surface area contributed by atoms with Crippen LogP contribution < -0.4 is 0 Å². The predicted molar refractivity (Wildman–Crippen MR) is 109 cm³/mol. The molecule has 0 N–H and O–H groups in total. The molecule has 0 bridgehead atoms. The van der Waals surface area contributed by atoms with Crippen LogP contribution in [0.5, 0.6) is 0 Å². The van der Waals surface area contributed by atoms with Gasteiger partial charge in [-0.15, -0.1) is 0 Å². The van der Waals surface area contributed by atoms with E-state index in [1.807, 2.05) is 0 Å². The average Bonchev–Trinajstić information content (AvgIpc) is 2.88. The van der Waals surface area contributed by atoms with Crippen LogP contribution in [0.25, 0.3) is 0 Å². The van der Waals surface area contributed by atoms with Crippen molar-refractivity contribution in [2.24, 2.45) is 0 Å². The maximum absolute atomic E-state index is 7.50. The van der Waals surface area contributed by atoms with E-state index in [2.05, 4.69) is 33.3 Å². The standard InChI is InChI=1S/C18H33P.5CO.Cr/c1-4-10-16(11-5-1)19(17-12-6-2-7-13-17)18-14-8-3-9-15-18;5*1-2;/h16-18H,1-15H2;;;;;;/p+1. The number of rotatable bonds is 3. The normalized spacial score (nSPS) is 18.6. The van der Waals surface area contributed by atoms with Gasteiger partial charge < -0.3 is 0 Å². The summed E-state index contributed by atoms with van der Waals surface area (Å²) in [6, 6.07) is 0. The third-order valence-corrected chi connectivity index (χ3v) is 10.8. The van der Waals surface area contributed by atoms with Crippen LogP contribution in [0.4, 0.5) is 0 Å². The zero-order chi connectivity index (χ0) is 22.9. The molecule has 166 valence electrons. The molecular weight excluding hydrogens is 439 g/mol. The number of hydrogen-bond donors (Lipinski definition) is 0. The molecule has 0 aromatic carbocycles. The SMILES string of the molecule is C1CCC([PH+](C2CCCCC2)C2CCCCC2)CC1.[C-]#[O+].[C-]#[O+].[C-]#[O+].[C-]#[O+].[C-]#[O+].[Cr]. The monoisotopic (exact) mass is 473 g/mol. The maximum Gasteiger partial charge on any atom is 0 e. The van der Waals surface area contributed by atoms with Crippen molar-refractivity contribution < 1.29 is 40.6 Å². The van der Waals surface area contributed by atoms with Gasteiger partial charge in [-0.1, -0.05) is 19.3 Å². The summed E-state index contributed by atoms with van der Waals surface area (Å²) in [5.41, 5.74) is 3.68. The third-order valence-electron chi connectivity index (χ3n) is 6.23. The van der Waals surface area contributed by atoms with Crippen LogP contribution in [0.2, 0.25) is 0 Å². The van der Waals surface area contributed by atoms with Crippen molar-refractivity contribution in [2.75, 3.05) is 0 Å². The molecule has 0 unspecified atom stereocenters. The van der Waals surface area contributed by atoms with Crippen molar-refractivity contribution in [1.82, 2.24) is 0 Å². The Morgan fingerprint density at radius 3 is 0.700 bits per heavy atom. The Labute approximate surface area is 195 Å². The van der Waals surface area contributed by atoms with Gasteiger partial charge in [-0.3, -0.25) is 0 Å². The van der Waals surface area contributed by atoms with Gasteiger partial charge in [0.15, 0.2) is 0 Å². The molecule has 3 fully saturated rings. The molecule has 5 nitrogen and oxygen atoms in total. The summed E-state index contributed by atoms with van der Waals surface area (Å²) in [5.74, 6) is 0. The largest absolute Gasteiger partial charge is 0 e. The minimum absolute atomic E-state index is 0. The minimum atomic E-state index is -0.0465. The fourth-order valence-corrected chi connectivity index (χ4v) is 10.5. The Balaban J connectivity index is -0.000000271. The van der Waals surface area contributed by atoms with Crippen LogP contribution in [-0.4, -0.2) is 17.0 Å².